The molecule has 1 aromatic rings. The molecule has 1 saturated heterocycles. The number of carboxylic acids is 1. The van der Waals surface area contributed by atoms with E-state index in [-0.39, 0.29) is 17.1 Å². The van der Waals surface area contributed by atoms with E-state index in [4.69, 9.17) is 0 Å². The quantitative estimate of drug-likeness (QED) is 0.752. The molecule has 1 atom stereocenters. The Morgan fingerprint density at radius 3 is 2.78 bits per heavy atom. The van der Waals surface area contributed by atoms with Gasteiger partial charge in [-0.25, -0.2) is 9.18 Å². The van der Waals surface area contributed by atoms with Gasteiger partial charge in [0, 0.05) is 61.7 Å². The largest absolute Gasteiger partial charge is 0.478 e. The number of benzene rings is 1. The van der Waals surface area contributed by atoms with Gasteiger partial charge in [-0.05, 0) is 17.0 Å². The molecule has 3 aliphatic heterocycles. The Labute approximate surface area is 159 Å². The van der Waals surface area contributed by atoms with Gasteiger partial charge in [-0.15, -0.1) is 11.8 Å². The number of hydrogen-bond acceptors (Lipinski definition) is 6. The zero-order valence-corrected chi connectivity index (χ0v) is 15.5. The Hall–Kier alpha value is -2.32. The first-order valence-corrected chi connectivity index (χ1v) is 9.78. The van der Waals surface area contributed by atoms with Gasteiger partial charge in [0.05, 0.1) is 11.4 Å². The van der Waals surface area contributed by atoms with Crippen LogP contribution in [0.4, 0.5) is 15.8 Å². The number of hydrogen-bond donors (Lipinski definition) is 2. The highest BCUT2D eigenvalue weighted by Gasteiger charge is 2.47. The monoisotopic (exact) mass is 387 g/mol. The molecule has 27 heavy (non-hydrogen) atoms. The molecule has 1 aliphatic carbocycles. The summed E-state index contributed by atoms with van der Waals surface area (Å²) in [6.45, 7) is 3.53. The number of allylic oxidation sites excluding steroid dienone is 1. The van der Waals surface area contributed by atoms with Crippen LogP contribution in [-0.4, -0.2) is 56.6 Å². The standard InChI is InChI=1S/C19H18FN3O3S/c1-22-7-9-8-27-18-12(9)13-10(17(24)14(18)19(25)26)6-11(20)15(16(13)22)23-4-2-21-3-5-23/h6,8,12,21H,2-5,7H2,1H3,(H,25,26). The van der Waals surface area contributed by atoms with E-state index in [2.05, 4.69) is 5.32 Å². The highest BCUT2D eigenvalue weighted by molar-refractivity contribution is 8.06. The minimum Gasteiger partial charge on any atom is -0.478 e. The average Bonchev–Trinajstić information content (AvgIpc) is 3.05. The SMILES string of the molecule is CN1CC2=CSC3=C(C(=O)O)C(=O)c4cc(F)c(N5CCNCC5)c1c4C23. The minimum absolute atomic E-state index is 0.187. The van der Waals surface area contributed by atoms with E-state index in [0.717, 1.165) is 29.9 Å². The first-order valence-electron chi connectivity index (χ1n) is 8.90. The summed E-state index contributed by atoms with van der Waals surface area (Å²) in [6, 6.07) is 1.25. The van der Waals surface area contributed by atoms with Crippen molar-refractivity contribution >= 4 is 34.9 Å². The Kier molecular flexibility index (Phi) is 3.64. The van der Waals surface area contributed by atoms with E-state index in [1.807, 2.05) is 22.3 Å². The van der Waals surface area contributed by atoms with Crippen LogP contribution < -0.4 is 15.1 Å². The number of carbonyl (C=O) groups is 2. The topological polar surface area (TPSA) is 72.9 Å². The molecule has 4 aliphatic rings. The number of aliphatic carboxylic acids is 1. The van der Waals surface area contributed by atoms with E-state index >= 15 is 4.39 Å². The summed E-state index contributed by atoms with van der Waals surface area (Å²) in [6.07, 6.45) is 0. The van der Waals surface area contributed by atoms with Gasteiger partial charge < -0.3 is 20.2 Å². The van der Waals surface area contributed by atoms with Crippen molar-refractivity contribution in [3.8, 4) is 0 Å². The van der Waals surface area contributed by atoms with Crippen molar-refractivity contribution in [3.05, 3.63) is 44.5 Å². The molecular formula is C19H18FN3O3S. The predicted octanol–water partition coefficient (Wildman–Crippen LogP) is 1.93. The van der Waals surface area contributed by atoms with E-state index in [0.29, 0.717) is 30.2 Å². The molecule has 0 aromatic heterocycles. The second-order valence-electron chi connectivity index (χ2n) is 7.23. The average molecular weight is 387 g/mol. The first-order chi connectivity index (χ1) is 13.0. The van der Waals surface area contributed by atoms with Crippen molar-refractivity contribution in [2.45, 2.75) is 5.92 Å². The molecule has 0 spiro atoms. The number of Topliss-reactive ketones (excluding diaryl/α,β-unsaturated/α-hetero) is 1. The van der Waals surface area contributed by atoms with Crippen molar-refractivity contribution in [1.29, 1.82) is 0 Å². The lowest BCUT2D eigenvalue weighted by atomic mass is 9.75. The molecule has 2 N–H and O–H groups in total. The molecule has 0 bridgehead atoms. The lowest BCUT2D eigenvalue weighted by molar-refractivity contribution is -0.132. The van der Waals surface area contributed by atoms with Gasteiger partial charge in [-0.1, -0.05) is 0 Å². The highest BCUT2D eigenvalue weighted by Crippen LogP contribution is 2.58. The molecule has 8 heteroatoms. The Morgan fingerprint density at radius 1 is 1.33 bits per heavy atom. The van der Waals surface area contributed by atoms with Crippen LogP contribution in [-0.2, 0) is 4.79 Å². The van der Waals surface area contributed by atoms with E-state index in [9.17, 15) is 14.7 Å². The van der Waals surface area contributed by atoms with Crippen molar-refractivity contribution in [1.82, 2.24) is 5.32 Å². The zero-order chi connectivity index (χ0) is 18.9. The minimum atomic E-state index is -1.24. The number of rotatable bonds is 2. The molecule has 3 heterocycles. The van der Waals surface area contributed by atoms with Gasteiger partial charge in [0.15, 0.2) is 0 Å². The Balaban J connectivity index is 1.79. The maximum absolute atomic E-state index is 15.2. The summed E-state index contributed by atoms with van der Waals surface area (Å²) in [5, 5.41) is 14.8. The lowest BCUT2D eigenvalue weighted by Gasteiger charge is -2.41. The number of carbonyl (C=O) groups excluding carboxylic acids is 1. The summed E-state index contributed by atoms with van der Waals surface area (Å²) in [7, 11) is 1.90. The number of nitrogens with zero attached hydrogens (tertiary/aromatic N) is 2. The maximum Gasteiger partial charge on any atom is 0.340 e. The number of anilines is 2. The van der Waals surface area contributed by atoms with Gasteiger partial charge in [0.25, 0.3) is 0 Å². The Morgan fingerprint density at radius 2 is 2.07 bits per heavy atom. The zero-order valence-electron chi connectivity index (χ0n) is 14.7. The first kappa shape index (κ1) is 16.8. The summed E-state index contributed by atoms with van der Waals surface area (Å²) in [4.78, 5) is 29.3. The van der Waals surface area contributed by atoms with Crippen molar-refractivity contribution in [3.63, 3.8) is 0 Å². The number of thioether (sulfide) groups is 1. The molecule has 6 nitrogen and oxygen atoms in total. The summed E-state index contributed by atoms with van der Waals surface area (Å²) < 4.78 is 15.2. The maximum atomic E-state index is 15.2. The fourth-order valence-corrected chi connectivity index (χ4v) is 5.78. The number of carboxylic acid groups (broad SMARTS) is 1. The van der Waals surface area contributed by atoms with Crippen LogP contribution in [0, 0.1) is 5.82 Å². The highest BCUT2D eigenvalue weighted by atomic mass is 32.2. The second-order valence-corrected chi connectivity index (χ2v) is 8.14. The van der Waals surface area contributed by atoms with Crippen molar-refractivity contribution in [2.24, 2.45) is 0 Å². The van der Waals surface area contributed by atoms with Crippen molar-refractivity contribution in [2.75, 3.05) is 49.6 Å². The van der Waals surface area contributed by atoms with Crippen LogP contribution in [0.5, 0.6) is 0 Å². The molecule has 1 fully saturated rings. The smallest absolute Gasteiger partial charge is 0.340 e. The molecule has 5 rings (SSSR count). The Bertz CT molecular complexity index is 965. The van der Waals surface area contributed by atoms with E-state index in [1.165, 1.54) is 17.8 Å². The fourth-order valence-electron chi connectivity index (χ4n) is 4.59. The number of halogens is 1. The van der Waals surface area contributed by atoms with Gasteiger partial charge in [0.2, 0.25) is 5.78 Å². The van der Waals surface area contributed by atoms with Gasteiger partial charge in [-0.3, -0.25) is 4.79 Å². The molecule has 140 valence electrons. The third-order valence-corrected chi connectivity index (χ3v) is 6.81. The van der Waals surface area contributed by atoms with E-state index in [1.54, 1.807) is 0 Å². The van der Waals surface area contributed by atoms with E-state index < -0.39 is 17.6 Å². The molecule has 1 unspecified atom stereocenters. The molecule has 0 amide bonds. The van der Waals surface area contributed by atoms with Crippen LogP contribution in [0.3, 0.4) is 0 Å². The van der Waals surface area contributed by atoms with Gasteiger partial charge >= 0.3 is 5.97 Å². The van der Waals surface area contributed by atoms with Crippen LogP contribution >= 0.6 is 11.8 Å². The summed E-state index contributed by atoms with van der Waals surface area (Å²) in [5.41, 5.74) is 3.06. The molecule has 0 radical (unpaired) electrons. The van der Waals surface area contributed by atoms with Gasteiger partial charge in [-0.2, -0.15) is 0 Å². The van der Waals surface area contributed by atoms with Crippen molar-refractivity contribution < 1.29 is 19.1 Å². The molecular weight excluding hydrogens is 369 g/mol. The molecule has 0 saturated carbocycles. The van der Waals surface area contributed by atoms with Crippen LogP contribution in [0.25, 0.3) is 0 Å². The fraction of sp³-hybridized carbons (Fsp3) is 0.368. The lowest BCUT2D eigenvalue weighted by Crippen LogP contribution is -2.45. The third kappa shape index (κ3) is 2.23. The second kappa shape index (κ2) is 5.84. The number of piperazine rings is 1. The van der Waals surface area contributed by atoms with Crippen LogP contribution in [0.15, 0.2) is 27.5 Å². The predicted molar refractivity (Wildman–Crippen MR) is 102 cm³/mol. The number of ketones is 1. The molecule has 1 aromatic carbocycles. The third-order valence-electron chi connectivity index (χ3n) is 5.69. The summed E-state index contributed by atoms with van der Waals surface area (Å²) >= 11 is 1.32. The van der Waals surface area contributed by atoms with Gasteiger partial charge in [0.1, 0.15) is 11.4 Å². The number of nitrogens with one attached hydrogen (secondary N) is 1. The number of likely N-dealkylation sites (N-methyl/N-ethyl adjacent to an activating group) is 1. The summed E-state index contributed by atoms with van der Waals surface area (Å²) in [5.74, 6) is -2.54. The van der Waals surface area contributed by atoms with Crippen LogP contribution in [0.2, 0.25) is 0 Å². The normalized spacial score (nSPS) is 23.6. The van der Waals surface area contributed by atoms with Crippen LogP contribution in [0.1, 0.15) is 21.8 Å².